The van der Waals surface area contributed by atoms with Crippen molar-refractivity contribution in [2.45, 2.75) is 25.9 Å². The van der Waals surface area contributed by atoms with Gasteiger partial charge in [-0.2, -0.15) is 0 Å². The fourth-order valence-corrected chi connectivity index (χ4v) is 3.37. The molecule has 0 unspecified atom stereocenters. The topological polar surface area (TPSA) is 0 Å². The first-order chi connectivity index (χ1) is 3.31. The van der Waals surface area contributed by atoms with Crippen LogP contribution in [0.3, 0.4) is 0 Å². The Morgan fingerprint density at radius 1 is 1.71 bits per heavy atom. The molecule has 0 aliphatic heterocycles. The maximum Gasteiger partial charge on any atom is 0.0184 e. The van der Waals surface area contributed by atoms with Gasteiger partial charge in [0.15, 0.2) is 0 Å². The van der Waals surface area contributed by atoms with Crippen molar-refractivity contribution in [1.29, 1.82) is 0 Å². The van der Waals surface area contributed by atoms with Crippen LogP contribution in [-0.4, -0.2) is 26.6 Å². The molecule has 6 radical (unpaired) electrons. The minimum Gasteiger partial charge on any atom is -0.0759 e. The molecule has 3 heteroatoms. The van der Waals surface area contributed by atoms with Crippen LogP contribution in [0.1, 0.15) is 13.3 Å². The summed E-state index contributed by atoms with van der Waals surface area (Å²) in [6.45, 7) is 4.52. The lowest BCUT2D eigenvalue weighted by Crippen LogP contribution is -2.19. The lowest BCUT2D eigenvalue weighted by molar-refractivity contribution is 1.08. The van der Waals surface area contributed by atoms with Crippen LogP contribution < -0.4 is 0 Å². The Hall–Kier alpha value is 0.651. The minimum atomic E-state index is -0.0466. The van der Waals surface area contributed by atoms with E-state index in [9.17, 15) is 0 Å². The highest BCUT2D eigenvalue weighted by Crippen LogP contribution is 1.89. The number of rotatable bonds is 3. The molecule has 0 aliphatic rings. The summed E-state index contributed by atoms with van der Waals surface area (Å²) in [6.07, 6.45) is 1.35. The first-order valence-electron chi connectivity index (χ1n) is 2.56. The Morgan fingerprint density at radius 2 is 2.29 bits per heavy atom. The van der Waals surface area contributed by atoms with E-state index in [2.05, 4.69) is 23.2 Å². The molecule has 0 rings (SSSR count). The predicted molar refractivity (Wildman–Crippen MR) is 38.2 cm³/mol. The second kappa shape index (κ2) is 4.80. The Kier molecular flexibility index (Phi) is 5.25. The van der Waals surface area contributed by atoms with Gasteiger partial charge < -0.3 is 0 Å². The quantitative estimate of drug-likeness (QED) is 0.512. The largest absolute Gasteiger partial charge is 0.0759 e. The summed E-state index contributed by atoms with van der Waals surface area (Å²) >= 11 is 0. The summed E-state index contributed by atoms with van der Waals surface area (Å²) in [7, 11) is 4.80. The molecule has 0 amide bonds. The summed E-state index contributed by atoms with van der Waals surface area (Å²) in [5.74, 6) is 0. The molecule has 0 heterocycles. The summed E-state index contributed by atoms with van der Waals surface area (Å²) in [4.78, 5) is 0. The highest BCUT2D eigenvalue weighted by atomic mass is 29.5. The van der Waals surface area contributed by atoms with Gasteiger partial charge in [-0.1, -0.05) is 25.9 Å². The molecule has 0 aromatic rings. The summed E-state index contributed by atoms with van der Waals surface area (Å²) in [6, 6.07) is 1.43. The van der Waals surface area contributed by atoms with Crippen LogP contribution >= 0.6 is 0 Å². The summed E-state index contributed by atoms with van der Waals surface area (Å²) in [5, 5.41) is 0. The smallest absolute Gasteiger partial charge is 0.0184 e. The van der Waals surface area contributed by atoms with Crippen LogP contribution in [-0.2, 0) is 0 Å². The van der Waals surface area contributed by atoms with Gasteiger partial charge in [-0.3, -0.25) is 0 Å². The van der Waals surface area contributed by atoms with E-state index < -0.39 is 0 Å². The van der Waals surface area contributed by atoms with Gasteiger partial charge in [-0.05, 0) is 0 Å². The first-order valence-corrected chi connectivity index (χ1v) is 8.27. The van der Waals surface area contributed by atoms with E-state index in [0.717, 1.165) is 9.04 Å². The van der Waals surface area contributed by atoms with E-state index in [1.807, 2.05) is 0 Å². The molecule has 0 atom stereocenters. The third-order valence-electron chi connectivity index (χ3n) is 0.802. The van der Waals surface area contributed by atoms with E-state index in [1.54, 1.807) is 0 Å². The van der Waals surface area contributed by atoms with Crippen molar-refractivity contribution in [3.05, 3.63) is 0 Å². The molecule has 0 aliphatic carbocycles. The van der Waals surface area contributed by atoms with Gasteiger partial charge in [0.25, 0.3) is 0 Å². The zero-order chi connectivity index (χ0) is 5.70. The molecule has 0 saturated heterocycles. The second-order valence-corrected chi connectivity index (χ2v) is 10.1. The first kappa shape index (κ1) is 7.65. The second-order valence-electron chi connectivity index (χ2n) is 1.48. The molecule has 7 heavy (non-hydrogen) atoms. The standard InChI is InChI=1S/C4H10Si3/c1-3-4-7(5)6-2/h3-4H2,1-2H3. The van der Waals surface area contributed by atoms with E-state index in [4.69, 9.17) is 0 Å². The van der Waals surface area contributed by atoms with E-state index in [-0.39, 0.29) is 7.83 Å². The molecule has 0 aromatic heterocycles. The lowest BCUT2D eigenvalue weighted by Gasteiger charge is -1.98. The number of hydrogen-bond acceptors (Lipinski definition) is 0. The molecule has 0 spiro atoms. The van der Waals surface area contributed by atoms with Crippen LogP contribution in [0.4, 0.5) is 0 Å². The van der Waals surface area contributed by atoms with Gasteiger partial charge in [-0.15, -0.1) is 0 Å². The van der Waals surface area contributed by atoms with Gasteiger partial charge in [0.05, 0.1) is 0 Å². The van der Waals surface area contributed by atoms with E-state index in [0.29, 0.717) is 0 Å². The molecule has 0 fully saturated rings. The molecule has 0 nitrogen and oxygen atoms in total. The van der Waals surface area contributed by atoms with Gasteiger partial charge in [0.2, 0.25) is 0 Å². The fraction of sp³-hybridized carbons (Fsp3) is 1.00. The summed E-state index contributed by atoms with van der Waals surface area (Å²) in [5.41, 5.74) is 0. The Balaban J connectivity index is 2.83. The maximum atomic E-state index is 3.70. The predicted octanol–water partition coefficient (Wildman–Crippen LogP) is 0.805. The van der Waals surface area contributed by atoms with Crippen LogP contribution in [0.15, 0.2) is 0 Å². The molecule has 0 aromatic carbocycles. The third kappa shape index (κ3) is 4.50. The molecule has 38 valence electrons. The van der Waals surface area contributed by atoms with Crippen molar-refractivity contribution >= 4 is 26.6 Å². The van der Waals surface area contributed by atoms with Gasteiger partial charge in [0.1, 0.15) is 0 Å². The van der Waals surface area contributed by atoms with Crippen LogP contribution in [0, 0.1) is 0 Å². The van der Waals surface area contributed by atoms with Crippen molar-refractivity contribution in [3.8, 4) is 0 Å². The molecule has 0 bridgehead atoms. The summed E-state index contributed by atoms with van der Waals surface area (Å²) < 4.78 is 0. The average molecular weight is 142 g/mol. The molecular weight excluding hydrogens is 132 g/mol. The lowest BCUT2D eigenvalue weighted by atomic mass is 10.6. The monoisotopic (exact) mass is 142 g/mol. The van der Waals surface area contributed by atoms with Crippen LogP contribution in [0.2, 0.25) is 12.6 Å². The van der Waals surface area contributed by atoms with Gasteiger partial charge >= 0.3 is 0 Å². The molecule has 0 N–H and O–H groups in total. The van der Waals surface area contributed by atoms with Crippen LogP contribution in [0.25, 0.3) is 0 Å². The van der Waals surface area contributed by atoms with Gasteiger partial charge in [-0.25, -0.2) is 0 Å². The average Bonchev–Trinajstić information content (AvgIpc) is 1.68. The molecule has 0 saturated carbocycles. The zero-order valence-electron chi connectivity index (χ0n) is 4.91. The Labute approximate surface area is 53.1 Å². The van der Waals surface area contributed by atoms with Crippen molar-refractivity contribution in [2.24, 2.45) is 0 Å². The maximum absolute atomic E-state index is 3.70. The van der Waals surface area contributed by atoms with Gasteiger partial charge in [0, 0.05) is 26.6 Å². The number of hydrogen-bond donors (Lipinski definition) is 0. The normalized spacial score (nSPS) is 10.3. The van der Waals surface area contributed by atoms with Crippen molar-refractivity contribution in [1.82, 2.24) is 0 Å². The van der Waals surface area contributed by atoms with Crippen molar-refractivity contribution in [3.63, 3.8) is 0 Å². The van der Waals surface area contributed by atoms with Crippen LogP contribution in [0.5, 0.6) is 0 Å². The Morgan fingerprint density at radius 3 is 2.43 bits per heavy atom. The van der Waals surface area contributed by atoms with E-state index >= 15 is 0 Å². The SMILES string of the molecule is CCC[Si]([Si])[Si]C. The fourth-order valence-electron chi connectivity index (χ4n) is 0.375. The molecular formula is C4H10Si3. The zero-order valence-corrected chi connectivity index (χ0v) is 7.91. The van der Waals surface area contributed by atoms with Crippen molar-refractivity contribution in [2.75, 3.05) is 0 Å². The highest BCUT2D eigenvalue weighted by molar-refractivity contribution is 7.34. The highest BCUT2D eigenvalue weighted by Gasteiger charge is 1.96. The Bertz CT molecular complexity index is 37.9. The van der Waals surface area contributed by atoms with E-state index in [1.165, 1.54) is 12.5 Å². The minimum absolute atomic E-state index is 0.0466. The van der Waals surface area contributed by atoms with Crippen molar-refractivity contribution < 1.29 is 0 Å². The third-order valence-corrected chi connectivity index (χ3v) is 7.97.